The molecule has 0 bridgehead atoms. The Morgan fingerprint density at radius 1 is 1.38 bits per heavy atom. The summed E-state index contributed by atoms with van der Waals surface area (Å²) in [7, 11) is 0. The summed E-state index contributed by atoms with van der Waals surface area (Å²) in [5, 5.41) is 16.7. The van der Waals surface area contributed by atoms with Crippen molar-refractivity contribution in [1.29, 1.82) is 10.7 Å². The molecule has 66 valence electrons. The summed E-state index contributed by atoms with van der Waals surface area (Å²) in [5.41, 5.74) is 0.602. The van der Waals surface area contributed by atoms with E-state index in [2.05, 4.69) is 0 Å². The van der Waals surface area contributed by atoms with Crippen LogP contribution in [0.4, 0.5) is 0 Å². The van der Waals surface area contributed by atoms with Gasteiger partial charge in [0.15, 0.2) is 0 Å². The maximum absolute atomic E-state index is 8.40. The SMILES string of the molecule is N#CCC(=N)c1c(Cl)cccc1Cl. The lowest BCUT2D eigenvalue weighted by Crippen LogP contribution is -1.99. The molecule has 0 heterocycles. The van der Waals surface area contributed by atoms with E-state index >= 15 is 0 Å². The van der Waals surface area contributed by atoms with Gasteiger partial charge in [-0.15, -0.1) is 0 Å². The van der Waals surface area contributed by atoms with Crippen molar-refractivity contribution in [3.05, 3.63) is 33.8 Å². The minimum atomic E-state index is 0.0173. The number of hydrogen-bond acceptors (Lipinski definition) is 2. The number of rotatable bonds is 2. The summed E-state index contributed by atoms with van der Waals surface area (Å²) in [5.74, 6) is 0. The molecule has 0 saturated heterocycles. The fraction of sp³-hybridized carbons (Fsp3) is 0.111. The van der Waals surface area contributed by atoms with E-state index in [0.29, 0.717) is 15.6 Å². The average Bonchev–Trinajstić information content (AvgIpc) is 2.04. The first kappa shape index (κ1) is 10.0. The number of nitrogens with one attached hydrogen (secondary N) is 1. The highest BCUT2D eigenvalue weighted by atomic mass is 35.5. The molecular formula is C9H6Cl2N2. The lowest BCUT2D eigenvalue weighted by Gasteiger charge is -2.04. The zero-order valence-corrected chi connectivity index (χ0v) is 8.15. The molecule has 0 aliphatic carbocycles. The van der Waals surface area contributed by atoms with Crippen LogP contribution < -0.4 is 0 Å². The van der Waals surface area contributed by atoms with Crippen LogP contribution in [0.15, 0.2) is 18.2 Å². The van der Waals surface area contributed by atoms with Gasteiger partial charge in [0, 0.05) is 5.56 Å². The van der Waals surface area contributed by atoms with Crippen molar-refractivity contribution in [3.63, 3.8) is 0 Å². The molecular weight excluding hydrogens is 207 g/mol. The second-order valence-electron chi connectivity index (χ2n) is 2.41. The van der Waals surface area contributed by atoms with Crippen molar-refractivity contribution >= 4 is 28.9 Å². The molecule has 0 aliphatic heterocycles. The van der Waals surface area contributed by atoms with Gasteiger partial charge in [-0.25, -0.2) is 0 Å². The van der Waals surface area contributed by atoms with Crippen LogP contribution >= 0.6 is 23.2 Å². The third-order valence-electron chi connectivity index (χ3n) is 1.52. The Morgan fingerprint density at radius 2 is 1.92 bits per heavy atom. The van der Waals surface area contributed by atoms with Crippen LogP contribution in [0.5, 0.6) is 0 Å². The highest BCUT2D eigenvalue weighted by Crippen LogP contribution is 2.25. The molecule has 1 aromatic carbocycles. The zero-order chi connectivity index (χ0) is 9.84. The van der Waals surface area contributed by atoms with Crippen LogP contribution in [0.2, 0.25) is 10.0 Å². The molecule has 0 unspecified atom stereocenters. The molecule has 0 aliphatic rings. The molecule has 0 atom stereocenters. The minimum absolute atomic E-state index is 0.0173. The maximum atomic E-state index is 8.40. The van der Waals surface area contributed by atoms with Gasteiger partial charge in [-0.2, -0.15) is 5.26 Å². The van der Waals surface area contributed by atoms with Gasteiger partial charge in [0.25, 0.3) is 0 Å². The Labute approximate surface area is 86.2 Å². The normalized spacial score (nSPS) is 9.31. The van der Waals surface area contributed by atoms with Gasteiger partial charge >= 0.3 is 0 Å². The average molecular weight is 213 g/mol. The molecule has 0 fully saturated rings. The topological polar surface area (TPSA) is 47.6 Å². The van der Waals surface area contributed by atoms with E-state index in [0.717, 1.165) is 0 Å². The van der Waals surface area contributed by atoms with Crippen molar-refractivity contribution in [2.45, 2.75) is 6.42 Å². The maximum Gasteiger partial charge on any atom is 0.0774 e. The molecule has 1 N–H and O–H groups in total. The summed E-state index contributed by atoms with van der Waals surface area (Å²) in [6, 6.07) is 6.88. The third kappa shape index (κ3) is 2.21. The molecule has 4 heteroatoms. The number of halogens is 2. The van der Waals surface area contributed by atoms with Crippen molar-refractivity contribution in [2.75, 3.05) is 0 Å². The predicted octanol–water partition coefficient (Wildman–Crippen LogP) is 3.27. The highest BCUT2D eigenvalue weighted by molar-refractivity contribution is 6.40. The summed E-state index contributed by atoms with van der Waals surface area (Å²) in [4.78, 5) is 0. The van der Waals surface area contributed by atoms with Crippen molar-refractivity contribution < 1.29 is 0 Å². The van der Waals surface area contributed by atoms with Crippen LogP contribution in [-0.2, 0) is 0 Å². The quantitative estimate of drug-likeness (QED) is 0.752. The van der Waals surface area contributed by atoms with Crippen molar-refractivity contribution in [2.24, 2.45) is 0 Å². The van der Waals surface area contributed by atoms with Crippen LogP contribution in [0.25, 0.3) is 0 Å². The Hall–Kier alpha value is -1.04. The Balaban J connectivity index is 3.14. The first-order chi connectivity index (χ1) is 6.16. The fourth-order valence-corrected chi connectivity index (χ4v) is 1.58. The van der Waals surface area contributed by atoms with Gasteiger partial charge < -0.3 is 5.41 Å². The Morgan fingerprint density at radius 3 is 2.38 bits per heavy atom. The summed E-state index contributed by atoms with van der Waals surface area (Å²) in [6.07, 6.45) is 0.0173. The summed E-state index contributed by atoms with van der Waals surface area (Å²) < 4.78 is 0. The monoisotopic (exact) mass is 212 g/mol. The van der Waals surface area contributed by atoms with Gasteiger partial charge in [0.05, 0.1) is 28.2 Å². The highest BCUT2D eigenvalue weighted by Gasteiger charge is 2.09. The number of benzene rings is 1. The van der Waals surface area contributed by atoms with Gasteiger partial charge in [-0.05, 0) is 12.1 Å². The van der Waals surface area contributed by atoms with E-state index in [1.54, 1.807) is 18.2 Å². The fourth-order valence-electron chi connectivity index (χ4n) is 0.954. The lowest BCUT2D eigenvalue weighted by molar-refractivity contribution is 1.34. The smallest absolute Gasteiger partial charge is 0.0774 e. The van der Waals surface area contributed by atoms with Gasteiger partial charge in [-0.3, -0.25) is 0 Å². The second kappa shape index (κ2) is 4.27. The Bertz CT molecular complexity index is 359. The van der Waals surface area contributed by atoms with Crippen molar-refractivity contribution in [1.82, 2.24) is 0 Å². The van der Waals surface area contributed by atoms with E-state index in [1.165, 1.54) is 0 Å². The van der Waals surface area contributed by atoms with Gasteiger partial charge in [0.2, 0.25) is 0 Å². The first-order valence-corrected chi connectivity index (χ1v) is 4.31. The van der Waals surface area contributed by atoms with E-state index in [4.69, 9.17) is 33.9 Å². The van der Waals surface area contributed by atoms with E-state index in [-0.39, 0.29) is 12.1 Å². The van der Waals surface area contributed by atoms with Crippen molar-refractivity contribution in [3.8, 4) is 6.07 Å². The molecule has 2 nitrogen and oxygen atoms in total. The van der Waals surface area contributed by atoms with Gasteiger partial charge in [0.1, 0.15) is 0 Å². The molecule has 0 aromatic heterocycles. The Kier molecular flexibility index (Phi) is 3.30. The van der Waals surface area contributed by atoms with Crippen LogP contribution in [0.1, 0.15) is 12.0 Å². The molecule has 0 saturated carbocycles. The number of hydrogen-bond donors (Lipinski definition) is 1. The number of nitriles is 1. The zero-order valence-electron chi connectivity index (χ0n) is 6.64. The molecule has 0 amide bonds. The second-order valence-corrected chi connectivity index (χ2v) is 3.22. The van der Waals surface area contributed by atoms with E-state index < -0.39 is 0 Å². The standard InChI is InChI=1S/C9H6Cl2N2/c10-6-2-1-3-7(11)9(6)8(13)4-5-12/h1-3,13H,4H2. The first-order valence-electron chi connectivity index (χ1n) is 3.55. The predicted molar refractivity (Wildman–Crippen MR) is 53.5 cm³/mol. The lowest BCUT2D eigenvalue weighted by atomic mass is 10.1. The molecule has 0 spiro atoms. The van der Waals surface area contributed by atoms with Crippen LogP contribution in [0.3, 0.4) is 0 Å². The van der Waals surface area contributed by atoms with E-state index in [1.807, 2.05) is 6.07 Å². The summed E-state index contributed by atoms with van der Waals surface area (Å²) >= 11 is 11.7. The molecule has 13 heavy (non-hydrogen) atoms. The van der Waals surface area contributed by atoms with Gasteiger partial charge in [-0.1, -0.05) is 29.3 Å². The van der Waals surface area contributed by atoms with Crippen LogP contribution in [-0.4, -0.2) is 5.71 Å². The summed E-state index contributed by atoms with van der Waals surface area (Å²) in [6.45, 7) is 0. The molecule has 0 radical (unpaired) electrons. The third-order valence-corrected chi connectivity index (χ3v) is 2.15. The largest absolute Gasteiger partial charge is 0.303 e. The number of nitrogens with zero attached hydrogens (tertiary/aromatic N) is 1. The van der Waals surface area contributed by atoms with Crippen LogP contribution in [0, 0.1) is 16.7 Å². The minimum Gasteiger partial charge on any atom is -0.303 e. The van der Waals surface area contributed by atoms with E-state index in [9.17, 15) is 0 Å². The molecule has 1 aromatic rings. The molecule has 1 rings (SSSR count).